The van der Waals surface area contributed by atoms with Crippen molar-refractivity contribution in [2.75, 3.05) is 12.4 Å². The predicted octanol–water partition coefficient (Wildman–Crippen LogP) is 1.18. The fourth-order valence-electron chi connectivity index (χ4n) is 3.92. The van der Waals surface area contributed by atoms with Gasteiger partial charge in [-0.25, -0.2) is 14.4 Å². The van der Waals surface area contributed by atoms with Crippen LogP contribution in [0.3, 0.4) is 0 Å². The molecule has 1 aromatic carbocycles. The summed E-state index contributed by atoms with van der Waals surface area (Å²) in [4.78, 5) is 21.2. The van der Waals surface area contributed by atoms with Crippen LogP contribution in [0.1, 0.15) is 40.0 Å². The van der Waals surface area contributed by atoms with Crippen LogP contribution >= 0.6 is 0 Å². The Morgan fingerprint density at radius 2 is 2.11 bits per heavy atom. The number of carbonyl (C=O) groups excluding carboxylic acids is 1. The van der Waals surface area contributed by atoms with Gasteiger partial charge in [-0.05, 0) is 31.9 Å². The van der Waals surface area contributed by atoms with Crippen LogP contribution in [0.2, 0.25) is 0 Å². The van der Waals surface area contributed by atoms with Crippen molar-refractivity contribution in [3.05, 3.63) is 71.2 Å². The van der Waals surface area contributed by atoms with Gasteiger partial charge in [-0.3, -0.25) is 13.7 Å². The summed E-state index contributed by atoms with van der Waals surface area (Å²) in [5.74, 6) is -0.579. The third kappa shape index (κ3) is 5.88. The van der Waals surface area contributed by atoms with Gasteiger partial charge in [0.15, 0.2) is 0 Å². The van der Waals surface area contributed by atoms with E-state index in [0.29, 0.717) is 5.56 Å². The van der Waals surface area contributed by atoms with Crippen LogP contribution in [-0.4, -0.2) is 64.4 Å². The maximum Gasteiger partial charge on any atom is 0.335 e. The van der Waals surface area contributed by atoms with Crippen molar-refractivity contribution < 1.29 is 26.9 Å². The van der Waals surface area contributed by atoms with E-state index in [1.165, 1.54) is 36.4 Å². The summed E-state index contributed by atoms with van der Waals surface area (Å²) in [6, 6.07) is 5.92. The number of halogens is 1. The zero-order chi connectivity index (χ0) is 25.2. The van der Waals surface area contributed by atoms with Crippen LogP contribution in [-0.2, 0) is 21.0 Å². The van der Waals surface area contributed by atoms with Gasteiger partial charge in [-0.2, -0.15) is 18.2 Å². The molecule has 0 spiro atoms. The third-order valence-corrected chi connectivity index (χ3v) is 6.68. The van der Waals surface area contributed by atoms with Gasteiger partial charge in [-0.1, -0.05) is 17.7 Å². The Morgan fingerprint density at radius 3 is 2.89 bits per heavy atom. The Morgan fingerprint density at radius 1 is 1.31 bits per heavy atom. The lowest BCUT2D eigenvalue weighted by Gasteiger charge is -2.15. The number of nitrogens with one attached hydrogen (secondary N) is 2. The Kier molecular flexibility index (Phi) is 7.21. The second kappa shape index (κ2) is 10.2. The Bertz CT molecular complexity index is 1330. The minimum atomic E-state index is -3.97. The number of aryl methyl sites for hydroxylation is 1. The molecule has 3 aromatic rings. The van der Waals surface area contributed by atoms with Crippen molar-refractivity contribution in [2.24, 2.45) is 0 Å². The summed E-state index contributed by atoms with van der Waals surface area (Å²) in [5, 5.41) is 17.6. The largest absolute Gasteiger partial charge is 0.390 e. The highest BCUT2D eigenvalue weighted by Crippen LogP contribution is 2.27. The standard InChI is InChI=1S/C22H25FN6O5S/c1-13-3-4-17(23)14(7-13)11-29-6-5-18(28-29)21(31)16-10-25-12-26-22(16)27-15-8-19(30)20(9-15)34-35(32,33)24-2/h3-7,10,12,15,19-20,24,30H,8-9,11H2,1-2H3,(H,25,26,27)/t15-,19+,20-/m1/s1. The number of nitrogens with zero attached hydrogens (tertiary/aromatic N) is 4. The zero-order valence-corrected chi connectivity index (χ0v) is 19.9. The third-order valence-electron chi connectivity index (χ3n) is 5.68. The fraction of sp³-hybridized carbons (Fsp3) is 0.364. The molecule has 0 radical (unpaired) electrons. The number of aliphatic hydroxyl groups is 1. The zero-order valence-electron chi connectivity index (χ0n) is 19.1. The number of carbonyl (C=O) groups is 1. The maximum atomic E-state index is 14.1. The molecule has 1 aliphatic rings. The van der Waals surface area contributed by atoms with Gasteiger partial charge >= 0.3 is 10.3 Å². The molecule has 1 fully saturated rings. The normalized spacial score (nSPS) is 20.2. The van der Waals surface area contributed by atoms with Crippen molar-refractivity contribution in [3.63, 3.8) is 0 Å². The van der Waals surface area contributed by atoms with Crippen LogP contribution in [0.4, 0.5) is 10.2 Å². The molecule has 0 aliphatic heterocycles. The quantitative estimate of drug-likeness (QED) is 0.365. The molecular weight excluding hydrogens is 479 g/mol. The molecule has 3 atom stereocenters. The highest BCUT2D eigenvalue weighted by molar-refractivity contribution is 7.84. The van der Waals surface area contributed by atoms with Crippen LogP contribution < -0.4 is 10.0 Å². The SMILES string of the molecule is CNS(=O)(=O)O[C@@H]1C[C@H](Nc2ncncc2C(=O)c2ccn(Cc3cc(C)ccc3F)n2)C[C@@H]1O. The topological polar surface area (TPSA) is 148 Å². The Balaban J connectivity index is 1.48. The number of hydrogen-bond donors (Lipinski definition) is 3. The molecule has 13 heteroatoms. The van der Waals surface area contributed by atoms with Crippen LogP contribution in [0, 0.1) is 12.7 Å². The van der Waals surface area contributed by atoms with Gasteiger partial charge in [-0.15, -0.1) is 0 Å². The highest BCUT2D eigenvalue weighted by atomic mass is 32.2. The van der Waals surface area contributed by atoms with Crippen molar-refractivity contribution >= 4 is 21.9 Å². The van der Waals surface area contributed by atoms with E-state index >= 15 is 0 Å². The van der Waals surface area contributed by atoms with E-state index in [4.69, 9.17) is 4.18 Å². The molecule has 2 aromatic heterocycles. The van der Waals surface area contributed by atoms with E-state index in [1.807, 2.05) is 11.6 Å². The van der Waals surface area contributed by atoms with Crippen LogP contribution in [0.25, 0.3) is 0 Å². The van der Waals surface area contributed by atoms with Gasteiger partial charge in [0.2, 0.25) is 5.78 Å². The molecule has 186 valence electrons. The average Bonchev–Trinajstić information content (AvgIpc) is 3.42. The van der Waals surface area contributed by atoms with E-state index < -0.39 is 34.3 Å². The first-order valence-corrected chi connectivity index (χ1v) is 12.3. The second-order valence-corrected chi connectivity index (χ2v) is 9.79. The van der Waals surface area contributed by atoms with Gasteiger partial charge in [0, 0.05) is 31.0 Å². The lowest BCUT2D eigenvalue weighted by Crippen LogP contribution is -2.31. The molecule has 35 heavy (non-hydrogen) atoms. The molecule has 11 nitrogen and oxygen atoms in total. The van der Waals surface area contributed by atoms with Crippen LogP contribution in [0.5, 0.6) is 0 Å². The van der Waals surface area contributed by atoms with Crippen molar-refractivity contribution in [1.82, 2.24) is 24.5 Å². The van der Waals surface area contributed by atoms with E-state index in [0.717, 1.165) is 5.56 Å². The number of anilines is 1. The molecular formula is C22H25FN6O5S. The van der Waals surface area contributed by atoms with Crippen molar-refractivity contribution in [3.8, 4) is 0 Å². The minimum Gasteiger partial charge on any atom is -0.390 e. The Labute approximate surface area is 201 Å². The summed E-state index contributed by atoms with van der Waals surface area (Å²) in [7, 11) is -2.75. The monoisotopic (exact) mass is 504 g/mol. The summed E-state index contributed by atoms with van der Waals surface area (Å²) in [5.41, 5.74) is 1.65. The lowest BCUT2D eigenvalue weighted by molar-refractivity contribution is 0.0636. The van der Waals surface area contributed by atoms with Crippen LogP contribution in [0.15, 0.2) is 43.0 Å². The van der Waals surface area contributed by atoms with Gasteiger partial charge < -0.3 is 10.4 Å². The maximum absolute atomic E-state index is 14.1. The molecule has 3 N–H and O–H groups in total. The molecule has 0 unspecified atom stereocenters. The molecule has 0 saturated heterocycles. The molecule has 1 aliphatic carbocycles. The number of aliphatic hydroxyl groups excluding tert-OH is 1. The number of benzene rings is 1. The first-order chi connectivity index (χ1) is 16.6. The fourth-order valence-corrected chi connectivity index (χ4v) is 4.55. The number of rotatable bonds is 9. The second-order valence-electron chi connectivity index (χ2n) is 8.28. The predicted molar refractivity (Wildman–Crippen MR) is 123 cm³/mol. The Hall–Kier alpha value is -3.26. The van der Waals surface area contributed by atoms with E-state index in [9.17, 15) is 22.7 Å². The number of aromatic nitrogens is 4. The summed E-state index contributed by atoms with van der Waals surface area (Å²) >= 11 is 0. The molecule has 0 amide bonds. The summed E-state index contributed by atoms with van der Waals surface area (Å²) in [6.45, 7) is 2.02. The number of ketones is 1. The minimum absolute atomic E-state index is 0.128. The first-order valence-electron chi connectivity index (χ1n) is 10.8. The van der Waals surface area contributed by atoms with Gasteiger partial charge in [0.05, 0.1) is 18.2 Å². The first kappa shape index (κ1) is 24.9. The van der Waals surface area contributed by atoms with Gasteiger partial charge in [0.1, 0.15) is 29.8 Å². The van der Waals surface area contributed by atoms with Crippen molar-refractivity contribution in [2.45, 2.75) is 44.6 Å². The molecule has 2 heterocycles. The smallest absolute Gasteiger partial charge is 0.335 e. The highest BCUT2D eigenvalue weighted by Gasteiger charge is 2.37. The van der Waals surface area contributed by atoms with Gasteiger partial charge in [0.25, 0.3) is 0 Å². The lowest BCUT2D eigenvalue weighted by atomic mass is 10.1. The summed E-state index contributed by atoms with van der Waals surface area (Å²) < 4.78 is 45.9. The van der Waals surface area contributed by atoms with E-state index in [-0.39, 0.29) is 42.3 Å². The van der Waals surface area contributed by atoms with Crippen molar-refractivity contribution in [1.29, 1.82) is 0 Å². The molecule has 4 rings (SSSR count). The molecule has 0 bridgehead atoms. The summed E-state index contributed by atoms with van der Waals surface area (Å²) in [6.07, 6.45) is 2.61. The van der Waals surface area contributed by atoms with E-state index in [1.54, 1.807) is 18.3 Å². The average molecular weight is 505 g/mol. The van der Waals surface area contributed by atoms with E-state index in [2.05, 4.69) is 20.4 Å². The molecule has 1 saturated carbocycles. The number of hydrogen-bond acceptors (Lipinski definition) is 9.